The lowest BCUT2D eigenvalue weighted by atomic mass is 9.99. The van der Waals surface area contributed by atoms with Crippen LogP contribution in [0.4, 0.5) is 0 Å². The molecule has 4 rings (SSSR count). The molecule has 0 bridgehead atoms. The van der Waals surface area contributed by atoms with E-state index in [4.69, 9.17) is 11.6 Å². The summed E-state index contributed by atoms with van der Waals surface area (Å²) < 4.78 is 27.1. The third-order valence-corrected chi connectivity index (χ3v) is 5.51. The molecule has 3 aromatic rings. The van der Waals surface area contributed by atoms with E-state index in [1.165, 1.54) is 0 Å². The van der Waals surface area contributed by atoms with Gasteiger partial charge in [-0.05, 0) is 29.3 Å². The zero-order valence-corrected chi connectivity index (χ0v) is 12.4. The van der Waals surface area contributed by atoms with Crippen molar-refractivity contribution in [1.82, 2.24) is 9.71 Å². The summed E-state index contributed by atoms with van der Waals surface area (Å²) in [4.78, 5) is 3.49. The Morgan fingerprint density at radius 2 is 1.86 bits per heavy atom. The highest BCUT2D eigenvalue weighted by molar-refractivity contribution is 7.89. The summed E-state index contributed by atoms with van der Waals surface area (Å²) in [7, 11) is -3.45. The lowest BCUT2D eigenvalue weighted by molar-refractivity contribution is 0.585. The number of aromatic nitrogens is 1. The van der Waals surface area contributed by atoms with Gasteiger partial charge in [-0.2, -0.15) is 4.72 Å². The van der Waals surface area contributed by atoms with Gasteiger partial charge in [-0.3, -0.25) is 0 Å². The summed E-state index contributed by atoms with van der Waals surface area (Å²) in [6.45, 7) is 0. The minimum atomic E-state index is -3.45. The van der Waals surface area contributed by atoms with Gasteiger partial charge in [-0.1, -0.05) is 35.9 Å². The van der Waals surface area contributed by atoms with Gasteiger partial charge in [0.1, 0.15) is 0 Å². The summed E-state index contributed by atoms with van der Waals surface area (Å²) in [6.07, 6.45) is 1.83. The number of sulfonamides is 1. The number of aromatic amines is 1. The smallest absolute Gasteiger partial charge is 0.241 e. The Morgan fingerprint density at radius 1 is 1.05 bits per heavy atom. The normalized spacial score (nSPS) is 19.8. The average molecular weight is 319 g/mol. The summed E-state index contributed by atoms with van der Waals surface area (Å²) in [6, 6.07) is 12.2. The van der Waals surface area contributed by atoms with Gasteiger partial charge in [0.05, 0.1) is 10.9 Å². The molecule has 6 heteroatoms. The van der Waals surface area contributed by atoms with Crippen molar-refractivity contribution in [3.63, 3.8) is 0 Å². The van der Waals surface area contributed by atoms with Crippen molar-refractivity contribution in [2.75, 3.05) is 0 Å². The number of fused-ring (bicyclic) bond motifs is 2. The standard InChI is InChI=1S/C15H11ClN2O2S/c16-9-5-6-10-12(8-17-13(10)7-9)15-11-3-1-2-4-14(11)21(19,20)18-15/h1-8,15,17-18H. The van der Waals surface area contributed by atoms with Crippen LogP contribution in [0, 0.1) is 0 Å². The fourth-order valence-electron chi connectivity index (χ4n) is 2.84. The molecule has 0 saturated heterocycles. The van der Waals surface area contributed by atoms with E-state index >= 15 is 0 Å². The molecular weight excluding hydrogens is 308 g/mol. The SMILES string of the molecule is O=S1(=O)NC(c2c[nH]c3cc(Cl)ccc23)c2ccccc21. The van der Waals surface area contributed by atoms with Crippen molar-refractivity contribution in [2.45, 2.75) is 10.9 Å². The van der Waals surface area contributed by atoms with E-state index < -0.39 is 10.0 Å². The van der Waals surface area contributed by atoms with Crippen LogP contribution in [0.2, 0.25) is 5.02 Å². The average Bonchev–Trinajstić information content (AvgIpc) is 2.98. The van der Waals surface area contributed by atoms with Crippen molar-refractivity contribution in [2.24, 2.45) is 0 Å². The molecule has 0 aliphatic carbocycles. The van der Waals surface area contributed by atoms with Crippen molar-refractivity contribution in [1.29, 1.82) is 0 Å². The highest BCUT2D eigenvalue weighted by Crippen LogP contribution is 2.38. The number of nitrogens with one attached hydrogen (secondary N) is 2. The highest BCUT2D eigenvalue weighted by Gasteiger charge is 2.35. The summed E-state index contributed by atoms with van der Waals surface area (Å²) in [5.41, 5.74) is 2.56. The maximum absolute atomic E-state index is 12.2. The van der Waals surface area contributed by atoms with Gasteiger partial charge in [0, 0.05) is 22.1 Å². The van der Waals surface area contributed by atoms with Gasteiger partial charge in [0.2, 0.25) is 10.0 Å². The van der Waals surface area contributed by atoms with Crippen LogP contribution in [-0.2, 0) is 10.0 Å². The van der Waals surface area contributed by atoms with Gasteiger partial charge >= 0.3 is 0 Å². The van der Waals surface area contributed by atoms with Crippen LogP contribution in [0.3, 0.4) is 0 Å². The number of benzene rings is 2. The van der Waals surface area contributed by atoms with Crippen molar-refractivity contribution in [3.8, 4) is 0 Å². The van der Waals surface area contributed by atoms with Crippen LogP contribution in [0.25, 0.3) is 10.9 Å². The summed E-state index contributed by atoms with van der Waals surface area (Å²) in [5.74, 6) is 0. The molecule has 1 aromatic heterocycles. The third-order valence-electron chi connectivity index (χ3n) is 3.78. The predicted octanol–water partition coefficient (Wildman–Crippen LogP) is 3.20. The van der Waals surface area contributed by atoms with Gasteiger partial charge in [-0.15, -0.1) is 0 Å². The molecule has 2 heterocycles. The molecule has 1 aliphatic rings. The Bertz CT molecular complexity index is 963. The zero-order valence-electron chi connectivity index (χ0n) is 10.8. The van der Waals surface area contributed by atoms with Crippen molar-refractivity contribution >= 4 is 32.5 Å². The Kier molecular flexibility index (Phi) is 2.66. The van der Waals surface area contributed by atoms with E-state index in [0.717, 1.165) is 22.0 Å². The van der Waals surface area contributed by atoms with E-state index in [1.807, 2.05) is 30.5 Å². The first-order valence-corrected chi connectivity index (χ1v) is 8.30. The van der Waals surface area contributed by atoms with E-state index in [-0.39, 0.29) is 6.04 Å². The largest absolute Gasteiger partial charge is 0.361 e. The number of halogens is 1. The molecule has 2 aromatic carbocycles. The first-order valence-electron chi connectivity index (χ1n) is 6.44. The summed E-state index contributed by atoms with van der Waals surface area (Å²) in [5, 5.41) is 1.60. The molecule has 4 nitrogen and oxygen atoms in total. The molecule has 0 fully saturated rings. The molecule has 2 N–H and O–H groups in total. The van der Waals surface area contributed by atoms with Crippen LogP contribution in [0.15, 0.2) is 53.6 Å². The zero-order chi connectivity index (χ0) is 14.6. The molecule has 21 heavy (non-hydrogen) atoms. The maximum atomic E-state index is 12.2. The molecule has 1 unspecified atom stereocenters. The third kappa shape index (κ3) is 1.89. The predicted molar refractivity (Wildman–Crippen MR) is 81.9 cm³/mol. The lowest BCUT2D eigenvalue weighted by Crippen LogP contribution is -2.20. The number of hydrogen-bond acceptors (Lipinski definition) is 2. The second-order valence-corrected chi connectivity index (χ2v) is 7.14. The first kappa shape index (κ1) is 12.9. The van der Waals surface area contributed by atoms with E-state index in [2.05, 4.69) is 9.71 Å². The molecule has 0 amide bonds. The van der Waals surface area contributed by atoms with E-state index in [0.29, 0.717) is 9.92 Å². The van der Waals surface area contributed by atoms with Gasteiger partial charge in [0.15, 0.2) is 0 Å². The van der Waals surface area contributed by atoms with Crippen LogP contribution in [0.5, 0.6) is 0 Å². The first-order chi connectivity index (χ1) is 10.1. The molecule has 1 atom stereocenters. The quantitative estimate of drug-likeness (QED) is 0.723. The minimum absolute atomic E-state index is 0.346. The Hall–Kier alpha value is -1.82. The second-order valence-electron chi connectivity index (χ2n) is 5.03. The molecule has 1 aliphatic heterocycles. The minimum Gasteiger partial charge on any atom is -0.361 e. The number of rotatable bonds is 1. The van der Waals surface area contributed by atoms with Crippen molar-refractivity contribution in [3.05, 3.63) is 64.8 Å². The molecule has 0 saturated carbocycles. The monoisotopic (exact) mass is 318 g/mol. The van der Waals surface area contributed by atoms with E-state index in [1.54, 1.807) is 18.2 Å². The topological polar surface area (TPSA) is 62.0 Å². The maximum Gasteiger partial charge on any atom is 0.241 e. The van der Waals surface area contributed by atoms with Crippen molar-refractivity contribution < 1.29 is 8.42 Å². The Morgan fingerprint density at radius 3 is 2.71 bits per heavy atom. The van der Waals surface area contributed by atoms with E-state index in [9.17, 15) is 8.42 Å². The fourth-order valence-corrected chi connectivity index (χ4v) is 4.45. The van der Waals surface area contributed by atoms with Crippen LogP contribution < -0.4 is 4.72 Å². The molecular formula is C15H11ClN2O2S. The van der Waals surface area contributed by atoms with Gasteiger partial charge < -0.3 is 4.98 Å². The van der Waals surface area contributed by atoms with Gasteiger partial charge in [0.25, 0.3) is 0 Å². The van der Waals surface area contributed by atoms with Crippen LogP contribution >= 0.6 is 11.6 Å². The highest BCUT2D eigenvalue weighted by atomic mass is 35.5. The summed E-state index contributed by atoms with van der Waals surface area (Å²) >= 11 is 5.98. The van der Waals surface area contributed by atoms with Crippen LogP contribution in [0.1, 0.15) is 17.2 Å². The number of H-pyrrole nitrogens is 1. The fraction of sp³-hybridized carbons (Fsp3) is 0.0667. The molecule has 0 radical (unpaired) electrons. The second kappa shape index (κ2) is 4.34. The molecule has 106 valence electrons. The number of hydrogen-bond donors (Lipinski definition) is 2. The van der Waals surface area contributed by atoms with Crippen LogP contribution in [-0.4, -0.2) is 13.4 Å². The molecule has 0 spiro atoms. The van der Waals surface area contributed by atoms with Gasteiger partial charge in [-0.25, -0.2) is 8.42 Å². The lowest BCUT2D eigenvalue weighted by Gasteiger charge is -2.09. The Balaban J connectivity index is 1.95. The Labute approximate surface area is 126 Å².